The third kappa shape index (κ3) is 6.21. The van der Waals surface area contributed by atoms with Gasteiger partial charge in [0.05, 0.1) is 0 Å². The summed E-state index contributed by atoms with van der Waals surface area (Å²) in [6.45, 7) is -0.0400. The Bertz CT molecular complexity index is 1020. The predicted octanol–water partition coefficient (Wildman–Crippen LogP) is 3.71. The Kier molecular flexibility index (Phi) is 7.10. The fourth-order valence-corrected chi connectivity index (χ4v) is 4.55. The normalized spacial score (nSPS) is 23.3. The molecule has 0 aliphatic heterocycles. The Morgan fingerprint density at radius 1 is 0.939 bits per heavy atom. The van der Waals surface area contributed by atoms with Crippen LogP contribution in [0.4, 0.5) is 0 Å². The largest absolute Gasteiger partial charge is 0.484 e. The van der Waals surface area contributed by atoms with Crippen LogP contribution in [0.15, 0.2) is 48.5 Å². The van der Waals surface area contributed by atoms with Crippen LogP contribution in [0.2, 0.25) is 5.02 Å². The first-order valence-electron chi connectivity index (χ1n) is 11.1. The summed E-state index contributed by atoms with van der Waals surface area (Å²) >= 11 is 5.85. The molecule has 1 unspecified atom stereocenters. The van der Waals surface area contributed by atoms with Gasteiger partial charge in [-0.2, -0.15) is 0 Å². The predicted molar refractivity (Wildman–Crippen MR) is 126 cm³/mol. The van der Waals surface area contributed by atoms with Gasteiger partial charge in [-0.1, -0.05) is 17.5 Å². The van der Waals surface area contributed by atoms with Gasteiger partial charge in [-0.15, -0.1) is 6.42 Å². The molecule has 172 valence electrons. The summed E-state index contributed by atoms with van der Waals surface area (Å²) in [5.41, 5.74) is 0.929. The second-order valence-corrected chi connectivity index (χ2v) is 9.16. The highest BCUT2D eigenvalue weighted by Crippen LogP contribution is 2.56. The molecule has 0 radical (unpaired) electrons. The number of carbonyl (C=O) groups excluding carboxylic acids is 2. The number of nitrogens with one attached hydrogen (secondary N) is 2. The number of rotatable bonds is 8. The second kappa shape index (κ2) is 10.2. The zero-order valence-corrected chi connectivity index (χ0v) is 19.1. The first kappa shape index (κ1) is 23.0. The maximum Gasteiger partial charge on any atom is 0.258 e. The van der Waals surface area contributed by atoms with E-state index in [4.69, 9.17) is 27.5 Å². The Hall–Kier alpha value is -3.17. The van der Waals surface area contributed by atoms with Crippen LogP contribution in [0.1, 0.15) is 37.7 Å². The monoisotopic (exact) mass is 466 g/mol. The van der Waals surface area contributed by atoms with Gasteiger partial charge in [-0.3, -0.25) is 9.59 Å². The van der Waals surface area contributed by atoms with E-state index in [0.717, 1.165) is 37.7 Å². The number of amides is 2. The van der Waals surface area contributed by atoms with Gasteiger partial charge in [0, 0.05) is 22.7 Å². The van der Waals surface area contributed by atoms with Crippen molar-refractivity contribution in [2.45, 2.75) is 44.2 Å². The molecule has 2 amide bonds. The van der Waals surface area contributed by atoms with E-state index in [1.165, 1.54) is 0 Å². The fraction of sp³-hybridized carbons (Fsp3) is 0.385. The average molecular weight is 467 g/mol. The molecule has 2 aromatic carbocycles. The van der Waals surface area contributed by atoms with Gasteiger partial charge in [0.1, 0.15) is 11.5 Å². The number of hydrogen-bond donors (Lipinski definition) is 2. The van der Waals surface area contributed by atoms with E-state index in [9.17, 15) is 9.59 Å². The van der Waals surface area contributed by atoms with Crippen molar-refractivity contribution in [3.63, 3.8) is 0 Å². The highest BCUT2D eigenvalue weighted by Gasteiger charge is 2.55. The van der Waals surface area contributed by atoms with E-state index in [-0.39, 0.29) is 42.5 Å². The zero-order valence-electron chi connectivity index (χ0n) is 18.3. The molecule has 0 bridgehead atoms. The summed E-state index contributed by atoms with van der Waals surface area (Å²) in [5.74, 6) is 3.53. The molecule has 2 aliphatic carbocycles. The van der Waals surface area contributed by atoms with Crippen molar-refractivity contribution in [2.75, 3.05) is 13.2 Å². The van der Waals surface area contributed by atoms with E-state index >= 15 is 0 Å². The highest BCUT2D eigenvalue weighted by molar-refractivity contribution is 6.30. The van der Waals surface area contributed by atoms with Crippen LogP contribution in [0.3, 0.4) is 0 Å². The molecule has 0 heterocycles. The minimum atomic E-state index is -0.126. The smallest absolute Gasteiger partial charge is 0.258 e. The van der Waals surface area contributed by atoms with Crippen LogP contribution >= 0.6 is 11.6 Å². The molecule has 2 aliphatic rings. The summed E-state index contributed by atoms with van der Waals surface area (Å²) in [4.78, 5) is 24.5. The molecule has 2 N–H and O–H groups in total. The van der Waals surface area contributed by atoms with Crippen LogP contribution in [0.5, 0.6) is 11.5 Å². The summed E-state index contributed by atoms with van der Waals surface area (Å²) in [6, 6.07) is 14.3. The number of carbonyl (C=O) groups is 2. The van der Waals surface area contributed by atoms with Gasteiger partial charge in [-0.25, -0.2) is 0 Å². The first-order valence-corrected chi connectivity index (χ1v) is 11.5. The van der Waals surface area contributed by atoms with Crippen LogP contribution in [0, 0.1) is 17.8 Å². The van der Waals surface area contributed by atoms with Gasteiger partial charge in [0.25, 0.3) is 11.8 Å². The van der Waals surface area contributed by atoms with E-state index in [2.05, 4.69) is 16.6 Å². The highest BCUT2D eigenvalue weighted by atomic mass is 35.5. The molecule has 0 aromatic heterocycles. The summed E-state index contributed by atoms with van der Waals surface area (Å²) in [6.07, 6.45) is 10.1. The van der Waals surface area contributed by atoms with Gasteiger partial charge < -0.3 is 20.1 Å². The van der Waals surface area contributed by atoms with Crippen molar-refractivity contribution in [3.8, 4) is 23.8 Å². The van der Waals surface area contributed by atoms with Crippen LogP contribution in [-0.2, 0) is 9.59 Å². The van der Waals surface area contributed by atoms with Crippen LogP contribution in [0.25, 0.3) is 0 Å². The Balaban J connectivity index is 1.13. The van der Waals surface area contributed by atoms with Gasteiger partial charge in [0.15, 0.2) is 13.2 Å². The van der Waals surface area contributed by atoms with Crippen molar-refractivity contribution >= 4 is 23.4 Å². The summed E-state index contributed by atoms with van der Waals surface area (Å²) < 4.78 is 11.1. The molecular formula is C26H27ClN2O4. The molecule has 2 saturated carbocycles. The third-order valence-corrected chi connectivity index (χ3v) is 6.70. The lowest BCUT2D eigenvalue weighted by Gasteiger charge is -2.30. The maximum atomic E-state index is 12.3. The maximum absolute atomic E-state index is 12.3. The van der Waals surface area contributed by atoms with E-state index in [0.29, 0.717) is 16.5 Å². The first-order chi connectivity index (χ1) is 16.0. The van der Waals surface area contributed by atoms with Crippen molar-refractivity contribution in [2.24, 2.45) is 5.41 Å². The number of benzene rings is 2. The van der Waals surface area contributed by atoms with E-state index < -0.39 is 0 Å². The molecule has 0 saturated heterocycles. The van der Waals surface area contributed by atoms with Crippen molar-refractivity contribution in [1.29, 1.82) is 0 Å². The standard InChI is InChI=1S/C26H27ClN2O4/c1-2-18-3-7-21(8-4-18)33-17-25(31)29-23-15-26(23)13-11-20(12-14-26)28-24(30)16-32-22-9-5-19(27)6-10-22/h1,3-10,20,23H,11-17H2,(H,28,30)(H,29,31). The summed E-state index contributed by atoms with van der Waals surface area (Å²) in [7, 11) is 0. The fourth-order valence-electron chi connectivity index (χ4n) is 4.42. The summed E-state index contributed by atoms with van der Waals surface area (Å²) in [5, 5.41) is 6.78. The molecule has 4 rings (SSSR count). The second-order valence-electron chi connectivity index (χ2n) is 8.73. The molecule has 1 spiro atoms. The van der Waals surface area contributed by atoms with Crippen LogP contribution < -0.4 is 20.1 Å². The molecule has 7 heteroatoms. The molecule has 1 atom stereocenters. The number of ether oxygens (including phenoxy) is 2. The molecule has 2 fully saturated rings. The van der Waals surface area contributed by atoms with E-state index in [1.807, 2.05) is 0 Å². The number of halogens is 1. The Morgan fingerprint density at radius 3 is 2.06 bits per heavy atom. The quantitative estimate of drug-likeness (QED) is 0.581. The van der Waals surface area contributed by atoms with Crippen LogP contribution in [-0.4, -0.2) is 37.1 Å². The third-order valence-electron chi connectivity index (χ3n) is 6.45. The van der Waals surface area contributed by atoms with Crippen molar-refractivity contribution < 1.29 is 19.1 Å². The Morgan fingerprint density at radius 2 is 1.48 bits per heavy atom. The molecule has 2 aromatic rings. The lowest BCUT2D eigenvalue weighted by atomic mass is 9.82. The number of hydrogen-bond acceptors (Lipinski definition) is 4. The topological polar surface area (TPSA) is 76.7 Å². The van der Waals surface area contributed by atoms with Crippen molar-refractivity contribution in [3.05, 3.63) is 59.1 Å². The minimum Gasteiger partial charge on any atom is -0.484 e. The SMILES string of the molecule is C#Cc1ccc(OCC(=O)NC2CC23CCC(NC(=O)COc2ccc(Cl)cc2)CC3)cc1. The molecule has 33 heavy (non-hydrogen) atoms. The average Bonchev–Trinajstić information content (AvgIpc) is 3.49. The van der Waals surface area contributed by atoms with Gasteiger partial charge >= 0.3 is 0 Å². The van der Waals surface area contributed by atoms with Gasteiger partial charge in [0.2, 0.25) is 0 Å². The molecular weight excluding hydrogens is 440 g/mol. The minimum absolute atomic E-state index is 0.0196. The van der Waals surface area contributed by atoms with Crippen molar-refractivity contribution in [1.82, 2.24) is 10.6 Å². The lowest BCUT2D eigenvalue weighted by Crippen LogP contribution is -2.42. The lowest BCUT2D eigenvalue weighted by molar-refractivity contribution is -0.124. The van der Waals surface area contributed by atoms with E-state index in [1.54, 1.807) is 48.5 Å². The number of terminal acetylenes is 1. The Labute approximate surface area is 199 Å². The zero-order chi connectivity index (χ0) is 23.3. The molecule has 6 nitrogen and oxygen atoms in total. The van der Waals surface area contributed by atoms with Gasteiger partial charge in [-0.05, 0) is 86.1 Å².